The number of aromatic nitrogens is 1. The Labute approximate surface area is 148 Å². The van der Waals surface area contributed by atoms with Gasteiger partial charge in [0.15, 0.2) is 12.2 Å². The van der Waals surface area contributed by atoms with Crippen molar-refractivity contribution in [2.75, 3.05) is 12.4 Å². The van der Waals surface area contributed by atoms with Gasteiger partial charge in [0, 0.05) is 5.69 Å². The van der Waals surface area contributed by atoms with Crippen molar-refractivity contribution in [3.63, 3.8) is 0 Å². The third-order valence-corrected chi connectivity index (χ3v) is 3.99. The van der Waals surface area contributed by atoms with Crippen LogP contribution in [0.25, 0.3) is 11.3 Å². The number of rotatable bonds is 5. The van der Waals surface area contributed by atoms with Crippen molar-refractivity contribution in [2.45, 2.75) is 6.42 Å². The molecular weight excluding hydrogens is 347 g/mol. The second kappa shape index (κ2) is 7.36. The summed E-state index contributed by atoms with van der Waals surface area (Å²) in [5.74, 6) is -0.0242. The van der Waals surface area contributed by atoms with Crippen molar-refractivity contribution < 1.29 is 18.3 Å². The number of amides is 1. The largest absolute Gasteiger partial charge is 0.495 e. The maximum Gasteiger partial charge on any atom is 0.228 e. The zero-order valence-corrected chi connectivity index (χ0v) is 14.0. The highest BCUT2D eigenvalue weighted by Crippen LogP contribution is 2.29. The van der Waals surface area contributed by atoms with Crippen molar-refractivity contribution in [1.29, 1.82) is 0 Å². The number of hydrogen-bond donors (Lipinski definition) is 1. The molecule has 0 bridgehead atoms. The molecule has 0 aliphatic heterocycles. The Kier molecular flexibility index (Phi) is 5.00. The highest BCUT2D eigenvalue weighted by Gasteiger charge is 2.13. The lowest BCUT2D eigenvalue weighted by Crippen LogP contribution is -2.15. The molecule has 0 spiro atoms. The SMILES string of the molecule is COc1cccc(CC(=O)Nc2ccc(-c3cnco3)c(F)c2)c1Cl. The second-order valence-corrected chi connectivity index (χ2v) is 5.60. The summed E-state index contributed by atoms with van der Waals surface area (Å²) in [7, 11) is 1.50. The van der Waals surface area contributed by atoms with E-state index in [9.17, 15) is 9.18 Å². The summed E-state index contributed by atoms with van der Waals surface area (Å²) in [6.45, 7) is 0. The first-order valence-corrected chi connectivity index (χ1v) is 7.76. The molecule has 1 amide bonds. The average Bonchev–Trinajstić information content (AvgIpc) is 3.11. The number of halogens is 2. The van der Waals surface area contributed by atoms with Gasteiger partial charge in [0.2, 0.25) is 5.91 Å². The van der Waals surface area contributed by atoms with E-state index in [1.165, 1.54) is 31.8 Å². The number of oxazole rings is 1. The van der Waals surface area contributed by atoms with Crippen molar-refractivity contribution in [3.8, 4) is 17.1 Å². The highest BCUT2D eigenvalue weighted by atomic mass is 35.5. The van der Waals surface area contributed by atoms with Gasteiger partial charge in [-0.3, -0.25) is 4.79 Å². The van der Waals surface area contributed by atoms with Crippen molar-refractivity contribution in [2.24, 2.45) is 0 Å². The van der Waals surface area contributed by atoms with Gasteiger partial charge in [-0.25, -0.2) is 9.37 Å². The second-order valence-electron chi connectivity index (χ2n) is 5.22. The minimum Gasteiger partial charge on any atom is -0.495 e. The topological polar surface area (TPSA) is 64.4 Å². The highest BCUT2D eigenvalue weighted by molar-refractivity contribution is 6.33. The summed E-state index contributed by atoms with van der Waals surface area (Å²) in [6.07, 6.45) is 2.69. The van der Waals surface area contributed by atoms with E-state index in [-0.39, 0.29) is 17.9 Å². The Morgan fingerprint density at radius 2 is 2.20 bits per heavy atom. The molecular formula is C18H14ClFN2O3. The van der Waals surface area contributed by atoms with E-state index < -0.39 is 5.82 Å². The van der Waals surface area contributed by atoms with Gasteiger partial charge in [-0.2, -0.15) is 0 Å². The molecule has 0 aliphatic rings. The summed E-state index contributed by atoms with van der Waals surface area (Å²) >= 11 is 6.18. The molecule has 0 unspecified atom stereocenters. The van der Waals surface area contributed by atoms with Gasteiger partial charge in [-0.1, -0.05) is 23.7 Å². The molecule has 128 valence electrons. The van der Waals surface area contributed by atoms with Crippen molar-refractivity contribution in [3.05, 3.63) is 65.4 Å². The third kappa shape index (κ3) is 3.80. The smallest absolute Gasteiger partial charge is 0.228 e. The quantitative estimate of drug-likeness (QED) is 0.735. The van der Waals surface area contributed by atoms with E-state index >= 15 is 0 Å². The number of methoxy groups -OCH3 is 1. The number of carbonyl (C=O) groups is 1. The van der Waals surface area contributed by atoms with Crippen molar-refractivity contribution in [1.82, 2.24) is 4.98 Å². The van der Waals surface area contributed by atoms with Crippen LogP contribution in [0, 0.1) is 5.82 Å². The molecule has 5 nitrogen and oxygen atoms in total. The number of carbonyl (C=O) groups excluding carboxylic acids is 1. The van der Waals surface area contributed by atoms with Crippen LogP contribution in [0.15, 0.2) is 53.4 Å². The molecule has 0 aliphatic carbocycles. The molecule has 0 saturated carbocycles. The maximum absolute atomic E-state index is 14.2. The van der Waals surface area contributed by atoms with Crippen LogP contribution in [-0.2, 0) is 11.2 Å². The van der Waals surface area contributed by atoms with Crippen LogP contribution in [-0.4, -0.2) is 18.0 Å². The molecule has 1 heterocycles. The molecule has 25 heavy (non-hydrogen) atoms. The molecule has 3 rings (SSSR count). The molecule has 0 fully saturated rings. The van der Waals surface area contributed by atoms with Gasteiger partial charge in [-0.05, 0) is 29.8 Å². The first-order valence-electron chi connectivity index (χ1n) is 7.38. The Hall–Kier alpha value is -2.86. The number of anilines is 1. The van der Waals surface area contributed by atoms with Crippen LogP contribution in [0.4, 0.5) is 10.1 Å². The van der Waals surface area contributed by atoms with Crippen molar-refractivity contribution >= 4 is 23.2 Å². The zero-order valence-electron chi connectivity index (χ0n) is 13.3. The van der Waals surface area contributed by atoms with Crippen LogP contribution >= 0.6 is 11.6 Å². The molecule has 7 heteroatoms. The van der Waals surface area contributed by atoms with E-state index in [1.54, 1.807) is 24.3 Å². The molecule has 0 saturated heterocycles. The summed E-state index contributed by atoms with van der Waals surface area (Å²) in [6, 6.07) is 9.53. The maximum atomic E-state index is 14.2. The summed E-state index contributed by atoms with van der Waals surface area (Å²) in [4.78, 5) is 16.0. The van der Waals surface area contributed by atoms with Gasteiger partial charge in [0.25, 0.3) is 0 Å². The normalized spacial score (nSPS) is 10.5. The lowest BCUT2D eigenvalue weighted by atomic mass is 10.1. The first kappa shape index (κ1) is 17.0. The lowest BCUT2D eigenvalue weighted by molar-refractivity contribution is -0.115. The molecule has 1 N–H and O–H groups in total. The number of ether oxygens (including phenoxy) is 1. The predicted molar refractivity (Wildman–Crippen MR) is 92.2 cm³/mol. The summed E-state index contributed by atoms with van der Waals surface area (Å²) < 4.78 is 24.4. The fourth-order valence-corrected chi connectivity index (χ4v) is 2.64. The molecule has 1 aromatic heterocycles. The van der Waals surface area contributed by atoms with Crippen LogP contribution in [0.3, 0.4) is 0 Å². The van der Waals surface area contributed by atoms with Gasteiger partial charge < -0.3 is 14.5 Å². The minimum atomic E-state index is -0.519. The number of benzene rings is 2. The van der Waals surface area contributed by atoms with E-state index in [2.05, 4.69) is 10.3 Å². The van der Waals surface area contributed by atoms with E-state index in [1.807, 2.05) is 0 Å². The number of nitrogens with zero attached hydrogens (tertiary/aromatic N) is 1. The van der Waals surface area contributed by atoms with E-state index in [4.69, 9.17) is 20.8 Å². The molecule has 0 radical (unpaired) electrons. The Morgan fingerprint density at radius 1 is 1.36 bits per heavy atom. The van der Waals surface area contributed by atoms with Gasteiger partial charge in [0.1, 0.15) is 11.6 Å². The Morgan fingerprint density at radius 3 is 2.88 bits per heavy atom. The summed E-state index contributed by atoms with van der Waals surface area (Å²) in [5.41, 5.74) is 1.23. The fraction of sp³-hybridized carbons (Fsp3) is 0.111. The van der Waals surface area contributed by atoms with Gasteiger partial charge >= 0.3 is 0 Å². The monoisotopic (exact) mass is 360 g/mol. The van der Waals surface area contributed by atoms with Gasteiger partial charge in [0.05, 0.1) is 30.3 Å². The van der Waals surface area contributed by atoms with E-state index in [0.717, 1.165) is 0 Å². The standard InChI is InChI=1S/C18H14ClFN2O3/c1-24-15-4-2-3-11(18(15)19)7-17(23)22-12-5-6-13(14(20)8-12)16-9-21-10-25-16/h2-6,8-10H,7H2,1H3,(H,22,23). The molecule has 2 aromatic carbocycles. The number of hydrogen-bond acceptors (Lipinski definition) is 4. The van der Waals surface area contributed by atoms with Crippen LogP contribution in [0.1, 0.15) is 5.56 Å². The lowest BCUT2D eigenvalue weighted by Gasteiger charge is -2.10. The average molecular weight is 361 g/mol. The number of nitrogens with one attached hydrogen (secondary N) is 1. The fourth-order valence-electron chi connectivity index (χ4n) is 2.37. The van der Waals surface area contributed by atoms with Crippen LogP contribution in [0.2, 0.25) is 5.02 Å². The van der Waals surface area contributed by atoms with Crippen LogP contribution < -0.4 is 10.1 Å². The van der Waals surface area contributed by atoms with Crippen LogP contribution in [0.5, 0.6) is 5.75 Å². The summed E-state index contributed by atoms with van der Waals surface area (Å²) in [5, 5.41) is 3.03. The predicted octanol–water partition coefficient (Wildman–Crippen LogP) is 4.32. The molecule has 3 aromatic rings. The Bertz CT molecular complexity index is 897. The third-order valence-electron chi connectivity index (χ3n) is 3.56. The molecule has 0 atom stereocenters. The van der Waals surface area contributed by atoms with Gasteiger partial charge in [-0.15, -0.1) is 0 Å². The van der Waals surface area contributed by atoms with E-state index in [0.29, 0.717) is 27.8 Å². The first-order chi connectivity index (χ1) is 12.1. The zero-order chi connectivity index (χ0) is 17.8. The minimum absolute atomic E-state index is 0.0432. The Balaban J connectivity index is 1.72.